The van der Waals surface area contributed by atoms with E-state index in [0.29, 0.717) is 17.1 Å². The van der Waals surface area contributed by atoms with Gasteiger partial charge in [0.1, 0.15) is 18.4 Å². The number of nitrogens with one attached hydrogen (secondary N) is 2. The molecule has 0 spiro atoms. The van der Waals surface area contributed by atoms with E-state index in [4.69, 9.17) is 0 Å². The van der Waals surface area contributed by atoms with Crippen LogP contribution < -0.4 is 15.5 Å². The molecule has 1 fully saturated rings. The summed E-state index contributed by atoms with van der Waals surface area (Å²) in [6, 6.07) is 10.2. The van der Waals surface area contributed by atoms with Gasteiger partial charge in [0.25, 0.3) is 5.91 Å². The number of rotatable bonds is 5. The molecule has 0 radical (unpaired) electrons. The zero-order valence-corrected chi connectivity index (χ0v) is 15.8. The van der Waals surface area contributed by atoms with E-state index in [-0.39, 0.29) is 5.91 Å². The van der Waals surface area contributed by atoms with Gasteiger partial charge in [-0.3, -0.25) is 24.2 Å². The number of hydrogen-bond acceptors (Lipinski definition) is 4. The highest BCUT2D eigenvalue weighted by molar-refractivity contribution is 6.16. The molecule has 5 amide bonds. The lowest BCUT2D eigenvalue weighted by atomic mass is 10.2. The van der Waals surface area contributed by atoms with Gasteiger partial charge in [-0.05, 0) is 49.4 Å². The normalized spacial score (nSPS) is 16.2. The SMILES string of the molecule is CC(=O)Nc1cccc(NC(=O)CN2C(=O)[C@H](C)N(c3ccc(F)cc3)C2=O)c1. The molecule has 29 heavy (non-hydrogen) atoms. The Bertz CT molecular complexity index is 977. The molecule has 1 atom stereocenters. The first-order chi connectivity index (χ1) is 13.8. The van der Waals surface area contributed by atoms with Crippen molar-refractivity contribution in [3.05, 3.63) is 54.3 Å². The summed E-state index contributed by atoms with van der Waals surface area (Å²) < 4.78 is 13.1. The molecule has 0 unspecified atom stereocenters. The number of anilines is 3. The number of benzene rings is 2. The molecule has 2 aromatic carbocycles. The summed E-state index contributed by atoms with van der Waals surface area (Å²) in [5, 5.41) is 5.19. The third-order valence-corrected chi connectivity index (χ3v) is 4.32. The quantitative estimate of drug-likeness (QED) is 0.757. The Morgan fingerprint density at radius 3 is 2.28 bits per heavy atom. The maximum Gasteiger partial charge on any atom is 0.332 e. The van der Waals surface area contributed by atoms with Gasteiger partial charge in [-0.25, -0.2) is 9.18 Å². The van der Waals surface area contributed by atoms with Gasteiger partial charge in [0.2, 0.25) is 11.8 Å². The fourth-order valence-electron chi connectivity index (χ4n) is 3.03. The van der Waals surface area contributed by atoms with Crippen molar-refractivity contribution >= 4 is 40.8 Å². The summed E-state index contributed by atoms with van der Waals surface area (Å²) in [6.45, 7) is 2.44. The fraction of sp³-hybridized carbons (Fsp3) is 0.200. The minimum atomic E-state index is -0.816. The van der Waals surface area contributed by atoms with Crippen molar-refractivity contribution in [2.75, 3.05) is 22.1 Å². The average molecular weight is 398 g/mol. The van der Waals surface area contributed by atoms with Crippen LogP contribution in [0.2, 0.25) is 0 Å². The highest BCUT2D eigenvalue weighted by atomic mass is 19.1. The van der Waals surface area contributed by atoms with Crippen molar-refractivity contribution < 1.29 is 23.6 Å². The highest BCUT2D eigenvalue weighted by Gasteiger charge is 2.44. The maximum absolute atomic E-state index is 13.1. The maximum atomic E-state index is 13.1. The van der Waals surface area contributed by atoms with Crippen molar-refractivity contribution in [2.24, 2.45) is 0 Å². The molecule has 0 aromatic heterocycles. The van der Waals surface area contributed by atoms with Crippen LogP contribution in [0.4, 0.5) is 26.2 Å². The van der Waals surface area contributed by atoms with Crippen LogP contribution in [-0.2, 0) is 14.4 Å². The number of halogens is 1. The van der Waals surface area contributed by atoms with Crippen molar-refractivity contribution in [2.45, 2.75) is 19.9 Å². The van der Waals surface area contributed by atoms with E-state index in [2.05, 4.69) is 10.6 Å². The lowest BCUT2D eigenvalue weighted by Crippen LogP contribution is -2.39. The van der Waals surface area contributed by atoms with E-state index < -0.39 is 36.2 Å². The summed E-state index contributed by atoms with van der Waals surface area (Å²) >= 11 is 0. The Hall–Kier alpha value is -3.75. The van der Waals surface area contributed by atoms with E-state index in [1.807, 2.05) is 0 Å². The van der Waals surface area contributed by atoms with E-state index in [1.54, 1.807) is 31.2 Å². The molecule has 1 aliphatic heterocycles. The number of nitrogens with zero attached hydrogens (tertiary/aromatic N) is 2. The van der Waals surface area contributed by atoms with Crippen LogP contribution in [0.15, 0.2) is 48.5 Å². The second-order valence-corrected chi connectivity index (χ2v) is 6.54. The Morgan fingerprint density at radius 1 is 1.03 bits per heavy atom. The second kappa shape index (κ2) is 8.09. The molecule has 0 saturated carbocycles. The number of carbonyl (C=O) groups excluding carboxylic acids is 4. The standard InChI is InChI=1S/C20H19FN4O4/c1-12-19(28)24(20(29)25(12)17-8-6-14(21)7-9-17)11-18(27)23-16-5-3-4-15(10-16)22-13(2)26/h3-10,12H,11H2,1-2H3,(H,22,26)(H,23,27)/t12-/m0/s1. The Labute approximate surface area is 166 Å². The van der Waals surface area contributed by atoms with Crippen LogP contribution in [0.1, 0.15) is 13.8 Å². The number of amides is 5. The van der Waals surface area contributed by atoms with E-state index in [1.165, 1.54) is 36.1 Å². The first-order valence-electron chi connectivity index (χ1n) is 8.84. The van der Waals surface area contributed by atoms with E-state index in [9.17, 15) is 23.6 Å². The number of urea groups is 1. The summed E-state index contributed by atoms with van der Waals surface area (Å²) in [5.74, 6) is -1.81. The first-order valence-corrected chi connectivity index (χ1v) is 8.84. The molecular formula is C20H19FN4O4. The number of hydrogen-bond donors (Lipinski definition) is 2. The summed E-state index contributed by atoms with van der Waals surface area (Å²) in [6.07, 6.45) is 0. The van der Waals surface area contributed by atoms with Crippen LogP contribution >= 0.6 is 0 Å². The second-order valence-electron chi connectivity index (χ2n) is 6.54. The van der Waals surface area contributed by atoms with Gasteiger partial charge >= 0.3 is 6.03 Å². The van der Waals surface area contributed by atoms with E-state index in [0.717, 1.165) is 4.90 Å². The molecule has 0 bridgehead atoms. The van der Waals surface area contributed by atoms with Crippen LogP contribution in [0, 0.1) is 5.82 Å². The van der Waals surface area contributed by atoms with Crippen molar-refractivity contribution in [3.8, 4) is 0 Å². The Balaban J connectivity index is 1.70. The average Bonchev–Trinajstić information content (AvgIpc) is 2.86. The van der Waals surface area contributed by atoms with E-state index >= 15 is 0 Å². The summed E-state index contributed by atoms with van der Waals surface area (Å²) in [7, 11) is 0. The molecule has 8 nitrogen and oxygen atoms in total. The van der Waals surface area contributed by atoms with Crippen LogP contribution in [0.3, 0.4) is 0 Å². The van der Waals surface area contributed by atoms with Gasteiger partial charge in [0, 0.05) is 24.0 Å². The molecule has 2 aromatic rings. The molecule has 1 aliphatic rings. The molecule has 150 valence electrons. The molecule has 1 heterocycles. The molecular weight excluding hydrogens is 379 g/mol. The highest BCUT2D eigenvalue weighted by Crippen LogP contribution is 2.26. The van der Waals surface area contributed by atoms with Gasteiger partial charge in [-0.1, -0.05) is 6.07 Å². The van der Waals surface area contributed by atoms with Crippen molar-refractivity contribution in [1.82, 2.24) is 4.90 Å². The van der Waals surface area contributed by atoms with Crippen LogP contribution in [0.25, 0.3) is 0 Å². The van der Waals surface area contributed by atoms with Gasteiger partial charge in [0.15, 0.2) is 0 Å². The Kier molecular flexibility index (Phi) is 5.58. The van der Waals surface area contributed by atoms with Gasteiger partial charge in [-0.15, -0.1) is 0 Å². The molecule has 3 rings (SSSR count). The predicted octanol–water partition coefficient (Wildman–Crippen LogP) is 2.58. The molecule has 9 heteroatoms. The zero-order valence-electron chi connectivity index (χ0n) is 15.8. The third-order valence-electron chi connectivity index (χ3n) is 4.32. The summed E-state index contributed by atoms with van der Waals surface area (Å²) in [5.41, 5.74) is 1.27. The monoisotopic (exact) mass is 398 g/mol. The van der Waals surface area contributed by atoms with Gasteiger partial charge in [0.05, 0.1) is 0 Å². The number of imide groups is 1. The Morgan fingerprint density at radius 2 is 1.66 bits per heavy atom. The van der Waals surface area contributed by atoms with Crippen LogP contribution in [-0.4, -0.2) is 41.2 Å². The lowest BCUT2D eigenvalue weighted by molar-refractivity contribution is -0.130. The predicted molar refractivity (Wildman–Crippen MR) is 105 cm³/mol. The molecule has 0 aliphatic carbocycles. The third kappa shape index (κ3) is 4.40. The largest absolute Gasteiger partial charge is 0.332 e. The summed E-state index contributed by atoms with van der Waals surface area (Å²) in [4.78, 5) is 50.8. The molecule has 2 N–H and O–H groups in total. The van der Waals surface area contributed by atoms with Crippen LogP contribution in [0.5, 0.6) is 0 Å². The fourth-order valence-corrected chi connectivity index (χ4v) is 3.03. The lowest BCUT2D eigenvalue weighted by Gasteiger charge is -2.19. The molecule has 1 saturated heterocycles. The van der Waals surface area contributed by atoms with Gasteiger partial charge in [-0.2, -0.15) is 0 Å². The number of carbonyl (C=O) groups is 4. The minimum Gasteiger partial charge on any atom is -0.326 e. The zero-order chi connectivity index (χ0) is 21.1. The van der Waals surface area contributed by atoms with Crippen molar-refractivity contribution in [3.63, 3.8) is 0 Å². The van der Waals surface area contributed by atoms with Crippen molar-refractivity contribution in [1.29, 1.82) is 0 Å². The topological polar surface area (TPSA) is 98.8 Å². The van der Waals surface area contributed by atoms with Gasteiger partial charge < -0.3 is 10.6 Å². The first kappa shape index (κ1) is 20.0. The minimum absolute atomic E-state index is 0.253. The smallest absolute Gasteiger partial charge is 0.326 e.